The van der Waals surface area contributed by atoms with Crippen LogP contribution in [0.2, 0.25) is 0 Å². The van der Waals surface area contributed by atoms with Crippen molar-refractivity contribution in [2.24, 2.45) is 0 Å². The van der Waals surface area contributed by atoms with Crippen LogP contribution in [0.25, 0.3) is 10.2 Å². The lowest BCUT2D eigenvalue weighted by molar-refractivity contribution is -0.118. The van der Waals surface area contributed by atoms with Crippen LogP contribution in [0.1, 0.15) is 12.5 Å². The summed E-state index contributed by atoms with van der Waals surface area (Å²) in [6, 6.07) is 12.4. The van der Waals surface area contributed by atoms with Gasteiger partial charge in [0.25, 0.3) is 0 Å². The minimum absolute atomic E-state index is 0. The van der Waals surface area contributed by atoms with Gasteiger partial charge in [0.15, 0.2) is 15.0 Å². The van der Waals surface area contributed by atoms with Crippen LogP contribution in [0.3, 0.4) is 0 Å². The first-order valence-electron chi connectivity index (χ1n) is 9.95. The number of nitrogens with zero attached hydrogens (tertiary/aromatic N) is 3. The second-order valence-corrected chi connectivity index (χ2v) is 10.5. The summed E-state index contributed by atoms with van der Waals surface area (Å²) in [5, 5.41) is 0.568. The standard InChI is InChI=1S/C22H27N3O4S2.ClH/c1-5-29-17-8-6-16(7-9-17)14-21(26)25(13-12-24(2)3)22-23-19-11-10-18(31(4,27)28)15-20(19)30-22;/h6-11,15H,5,12-14H2,1-4H3;1H. The number of amides is 1. The van der Waals surface area contributed by atoms with Gasteiger partial charge in [-0.2, -0.15) is 0 Å². The molecule has 0 aliphatic carbocycles. The van der Waals surface area contributed by atoms with E-state index in [9.17, 15) is 13.2 Å². The van der Waals surface area contributed by atoms with Gasteiger partial charge in [-0.05, 0) is 56.9 Å². The molecule has 0 fully saturated rings. The molecule has 174 valence electrons. The van der Waals surface area contributed by atoms with Crippen molar-refractivity contribution in [1.82, 2.24) is 9.88 Å². The van der Waals surface area contributed by atoms with Gasteiger partial charge >= 0.3 is 0 Å². The summed E-state index contributed by atoms with van der Waals surface area (Å²) < 4.78 is 30.0. The number of halogens is 1. The minimum atomic E-state index is -3.31. The molecule has 0 N–H and O–H groups in total. The average molecular weight is 498 g/mol. The Hall–Kier alpha value is -2.20. The SMILES string of the molecule is CCOc1ccc(CC(=O)N(CCN(C)C)c2nc3ccc(S(C)(=O)=O)cc3s2)cc1.Cl. The highest BCUT2D eigenvalue weighted by atomic mass is 35.5. The summed E-state index contributed by atoms with van der Waals surface area (Å²) in [5.74, 6) is 0.712. The molecule has 10 heteroatoms. The Morgan fingerprint density at radius 3 is 2.38 bits per heavy atom. The van der Waals surface area contributed by atoms with Gasteiger partial charge in [-0.15, -0.1) is 12.4 Å². The number of likely N-dealkylation sites (N-methyl/N-ethyl adjacent to an activating group) is 1. The number of carbonyl (C=O) groups excluding carboxylic acids is 1. The molecule has 1 amide bonds. The number of hydrogen-bond acceptors (Lipinski definition) is 7. The third-order valence-corrected chi connectivity index (χ3v) is 6.82. The van der Waals surface area contributed by atoms with Crippen LogP contribution in [-0.2, 0) is 21.1 Å². The molecule has 0 spiro atoms. The van der Waals surface area contributed by atoms with E-state index in [1.165, 1.54) is 17.6 Å². The first kappa shape index (κ1) is 26.1. The van der Waals surface area contributed by atoms with Crippen molar-refractivity contribution in [3.05, 3.63) is 48.0 Å². The number of carbonyl (C=O) groups is 1. The number of benzene rings is 2. The highest BCUT2D eigenvalue weighted by Gasteiger charge is 2.21. The van der Waals surface area contributed by atoms with Crippen molar-refractivity contribution in [3.63, 3.8) is 0 Å². The molecule has 1 heterocycles. The number of ether oxygens (including phenoxy) is 1. The molecule has 32 heavy (non-hydrogen) atoms. The van der Waals surface area contributed by atoms with Gasteiger partial charge in [0, 0.05) is 19.3 Å². The minimum Gasteiger partial charge on any atom is -0.494 e. The fourth-order valence-corrected chi connectivity index (χ4v) is 4.78. The quantitative estimate of drug-likeness (QED) is 0.449. The fraction of sp³-hybridized carbons (Fsp3) is 0.364. The number of thiazole rings is 1. The smallest absolute Gasteiger partial charge is 0.233 e. The van der Waals surface area contributed by atoms with Crippen LogP contribution in [0.4, 0.5) is 5.13 Å². The third kappa shape index (κ3) is 6.65. The predicted octanol–water partition coefficient (Wildman–Crippen LogP) is 3.66. The highest BCUT2D eigenvalue weighted by Crippen LogP contribution is 2.31. The summed E-state index contributed by atoms with van der Waals surface area (Å²) in [5.41, 5.74) is 1.57. The monoisotopic (exact) mass is 497 g/mol. The van der Waals surface area contributed by atoms with Crippen molar-refractivity contribution in [1.29, 1.82) is 0 Å². The normalized spacial score (nSPS) is 11.4. The van der Waals surface area contributed by atoms with Crippen LogP contribution in [0.15, 0.2) is 47.4 Å². The van der Waals surface area contributed by atoms with E-state index >= 15 is 0 Å². The maximum absolute atomic E-state index is 13.2. The molecular formula is C22H28ClN3O4S2. The Labute approximate surface area is 199 Å². The summed E-state index contributed by atoms with van der Waals surface area (Å²) in [6.45, 7) is 3.69. The Kier molecular flexibility index (Phi) is 9.03. The summed E-state index contributed by atoms with van der Waals surface area (Å²) >= 11 is 1.33. The van der Waals surface area contributed by atoms with Crippen molar-refractivity contribution >= 4 is 54.8 Å². The molecule has 0 atom stereocenters. The first-order chi connectivity index (χ1) is 14.7. The van der Waals surface area contributed by atoms with Gasteiger partial charge in [0.05, 0.1) is 28.1 Å². The van der Waals surface area contributed by atoms with Crippen molar-refractivity contribution in [2.75, 3.05) is 44.9 Å². The molecule has 0 bridgehead atoms. The lowest BCUT2D eigenvalue weighted by Crippen LogP contribution is -2.37. The van der Waals surface area contributed by atoms with Crippen LogP contribution in [0.5, 0.6) is 5.75 Å². The second kappa shape index (κ2) is 11.1. The fourth-order valence-electron chi connectivity index (χ4n) is 3.01. The molecular weight excluding hydrogens is 470 g/mol. The zero-order chi connectivity index (χ0) is 22.6. The van der Waals surface area contributed by atoms with Crippen molar-refractivity contribution in [2.45, 2.75) is 18.2 Å². The third-order valence-electron chi connectivity index (χ3n) is 4.67. The topological polar surface area (TPSA) is 79.8 Å². The molecule has 0 aliphatic heterocycles. The molecule has 0 saturated carbocycles. The van der Waals surface area contributed by atoms with E-state index < -0.39 is 9.84 Å². The zero-order valence-electron chi connectivity index (χ0n) is 18.6. The van der Waals surface area contributed by atoms with Gasteiger partial charge in [0.2, 0.25) is 5.91 Å². The van der Waals surface area contributed by atoms with Crippen LogP contribution in [0, 0.1) is 0 Å². The largest absolute Gasteiger partial charge is 0.494 e. The molecule has 0 saturated heterocycles. The first-order valence-corrected chi connectivity index (χ1v) is 12.7. The molecule has 2 aromatic carbocycles. The van der Waals surface area contributed by atoms with Gasteiger partial charge in [0.1, 0.15) is 5.75 Å². The van der Waals surface area contributed by atoms with Gasteiger partial charge < -0.3 is 9.64 Å². The molecule has 7 nitrogen and oxygen atoms in total. The lowest BCUT2D eigenvalue weighted by Gasteiger charge is -2.22. The van der Waals surface area contributed by atoms with Gasteiger partial charge in [-0.1, -0.05) is 23.5 Å². The van der Waals surface area contributed by atoms with E-state index in [-0.39, 0.29) is 29.6 Å². The molecule has 1 aromatic heterocycles. The maximum atomic E-state index is 13.2. The van der Waals surface area contributed by atoms with E-state index in [1.807, 2.05) is 50.2 Å². The van der Waals surface area contributed by atoms with E-state index in [0.29, 0.717) is 30.3 Å². The average Bonchev–Trinajstić information content (AvgIpc) is 3.12. The predicted molar refractivity (Wildman–Crippen MR) is 132 cm³/mol. The van der Waals surface area contributed by atoms with E-state index in [1.54, 1.807) is 23.1 Å². The number of sulfone groups is 1. The van der Waals surface area contributed by atoms with Crippen molar-refractivity contribution in [3.8, 4) is 5.75 Å². The van der Waals surface area contributed by atoms with Gasteiger partial charge in [-0.25, -0.2) is 13.4 Å². The molecule has 0 aliphatic rings. The summed E-state index contributed by atoms with van der Waals surface area (Å²) in [6.07, 6.45) is 1.42. The summed E-state index contributed by atoms with van der Waals surface area (Å²) in [4.78, 5) is 21.7. The van der Waals surface area contributed by atoms with Crippen LogP contribution >= 0.6 is 23.7 Å². The van der Waals surface area contributed by atoms with Gasteiger partial charge in [-0.3, -0.25) is 9.69 Å². The Balaban J connectivity index is 0.00000363. The highest BCUT2D eigenvalue weighted by molar-refractivity contribution is 7.90. The number of anilines is 1. The van der Waals surface area contributed by atoms with Crippen molar-refractivity contribution < 1.29 is 17.9 Å². The maximum Gasteiger partial charge on any atom is 0.233 e. The second-order valence-electron chi connectivity index (χ2n) is 7.50. The molecule has 3 aromatic rings. The summed E-state index contributed by atoms with van der Waals surface area (Å²) in [7, 11) is 0.590. The zero-order valence-corrected chi connectivity index (χ0v) is 21.0. The molecule has 0 unspecified atom stereocenters. The molecule has 3 rings (SSSR count). The Morgan fingerprint density at radius 1 is 1.09 bits per heavy atom. The number of rotatable bonds is 9. The Bertz CT molecular complexity index is 1160. The Morgan fingerprint density at radius 2 is 1.78 bits per heavy atom. The van der Waals surface area contributed by atoms with E-state index in [2.05, 4.69) is 4.98 Å². The van der Waals surface area contributed by atoms with Crippen LogP contribution < -0.4 is 9.64 Å². The molecule has 0 radical (unpaired) electrons. The lowest BCUT2D eigenvalue weighted by atomic mass is 10.1. The number of aromatic nitrogens is 1. The van der Waals surface area contributed by atoms with Crippen LogP contribution in [-0.4, -0.2) is 64.3 Å². The van der Waals surface area contributed by atoms with E-state index in [0.717, 1.165) is 16.0 Å². The number of hydrogen-bond donors (Lipinski definition) is 0. The number of fused-ring (bicyclic) bond motifs is 1. The van der Waals surface area contributed by atoms with E-state index in [4.69, 9.17) is 4.74 Å².